The molecule has 2 N–H and O–H groups in total. The molecule has 21 heavy (non-hydrogen) atoms. The van der Waals surface area contributed by atoms with Gasteiger partial charge < -0.3 is 14.9 Å². The van der Waals surface area contributed by atoms with Crippen molar-refractivity contribution in [3.8, 4) is 17.2 Å². The molecule has 0 amide bonds. The van der Waals surface area contributed by atoms with E-state index in [1.54, 1.807) is 30.3 Å². The van der Waals surface area contributed by atoms with Crippen molar-refractivity contribution in [3.63, 3.8) is 0 Å². The predicted octanol–water partition coefficient (Wildman–Crippen LogP) is 5.11. The van der Waals surface area contributed by atoms with Crippen molar-refractivity contribution < 1.29 is 14.9 Å². The average Bonchev–Trinajstić information content (AvgIpc) is 2.43. The predicted molar refractivity (Wildman–Crippen MR) is 84.7 cm³/mol. The molecule has 0 heterocycles. The second kappa shape index (κ2) is 6.56. The maximum Gasteiger partial charge on any atom is 0.164 e. The van der Waals surface area contributed by atoms with Crippen LogP contribution in [0.1, 0.15) is 30.9 Å². The number of phenols is 1. The van der Waals surface area contributed by atoms with Gasteiger partial charge in [-0.2, -0.15) is 0 Å². The van der Waals surface area contributed by atoms with Gasteiger partial charge in [-0.3, -0.25) is 0 Å². The first kappa shape index (κ1) is 16.0. The number of rotatable bonds is 4. The molecule has 5 heteroatoms. The lowest BCUT2D eigenvalue weighted by molar-refractivity contribution is 0.281. The molecule has 0 atom stereocenters. The lowest BCUT2D eigenvalue weighted by Gasteiger charge is -2.14. The van der Waals surface area contributed by atoms with Gasteiger partial charge in [0, 0.05) is 5.56 Å². The van der Waals surface area contributed by atoms with Crippen molar-refractivity contribution in [1.82, 2.24) is 0 Å². The Morgan fingerprint density at radius 2 is 1.71 bits per heavy atom. The zero-order valence-electron chi connectivity index (χ0n) is 11.7. The summed E-state index contributed by atoms with van der Waals surface area (Å²) in [7, 11) is 0. The minimum absolute atomic E-state index is 0.142. The van der Waals surface area contributed by atoms with Crippen LogP contribution in [0.15, 0.2) is 30.3 Å². The SMILES string of the molecule is CC(C)c1cc(Oc2c(Cl)cc(CO)cc2Cl)ccc1O. The summed E-state index contributed by atoms with van der Waals surface area (Å²) < 4.78 is 5.73. The van der Waals surface area contributed by atoms with E-state index in [1.165, 1.54) is 0 Å². The van der Waals surface area contributed by atoms with Crippen LogP contribution in [0.2, 0.25) is 10.0 Å². The Kier molecular flexibility index (Phi) is 4.99. The van der Waals surface area contributed by atoms with Crippen LogP contribution >= 0.6 is 23.2 Å². The van der Waals surface area contributed by atoms with E-state index in [2.05, 4.69) is 0 Å². The van der Waals surface area contributed by atoms with Crippen LogP contribution in [0.3, 0.4) is 0 Å². The molecule has 0 saturated heterocycles. The van der Waals surface area contributed by atoms with Crippen molar-refractivity contribution in [1.29, 1.82) is 0 Å². The van der Waals surface area contributed by atoms with Crippen molar-refractivity contribution >= 4 is 23.2 Å². The number of aliphatic hydroxyl groups excluding tert-OH is 1. The first-order valence-corrected chi connectivity index (χ1v) is 7.27. The van der Waals surface area contributed by atoms with Crippen molar-refractivity contribution in [2.45, 2.75) is 26.4 Å². The van der Waals surface area contributed by atoms with E-state index in [4.69, 9.17) is 33.0 Å². The minimum atomic E-state index is -0.142. The topological polar surface area (TPSA) is 49.7 Å². The lowest BCUT2D eigenvalue weighted by atomic mass is 10.0. The Labute approximate surface area is 133 Å². The number of ether oxygens (including phenoxy) is 1. The Hall–Kier alpha value is -1.42. The largest absolute Gasteiger partial charge is 0.508 e. The van der Waals surface area contributed by atoms with E-state index in [1.807, 2.05) is 13.8 Å². The van der Waals surface area contributed by atoms with E-state index < -0.39 is 0 Å². The Bertz CT molecular complexity index is 631. The third-order valence-electron chi connectivity index (χ3n) is 3.08. The monoisotopic (exact) mass is 326 g/mol. The highest BCUT2D eigenvalue weighted by Crippen LogP contribution is 2.39. The number of hydrogen-bond acceptors (Lipinski definition) is 3. The third-order valence-corrected chi connectivity index (χ3v) is 3.64. The molecule has 0 saturated carbocycles. The zero-order valence-corrected chi connectivity index (χ0v) is 13.2. The zero-order chi connectivity index (χ0) is 15.6. The van der Waals surface area contributed by atoms with E-state index in [0.29, 0.717) is 27.1 Å². The van der Waals surface area contributed by atoms with Crippen molar-refractivity contribution in [2.24, 2.45) is 0 Å². The van der Waals surface area contributed by atoms with Gasteiger partial charge in [0.1, 0.15) is 11.5 Å². The molecule has 0 unspecified atom stereocenters. The van der Waals surface area contributed by atoms with Crippen LogP contribution in [0.5, 0.6) is 17.2 Å². The number of aromatic hydroxyl groups is 1. The van der Waals surface area contributed by atoms with E-state index in [0.717, 1.165) is 5.56 Å². The molecular formula is C16H16Cl2O3. The Balaban J connectivity index is 2.37. The fourth-order valence-electron chi connectivity index (χ4n) is 1.98. The molecule has 0 aliphatic rings. The molecular weight excluding hydrogens is 311 g/mol. The van der Waals surface area contributed by atoms with Gasteiger partial charge in [-0.1, -0.05) is 37.0 Å². The average molecular weight is 327 g/mol. The number of aliphatic hydroxyl groups is 1. The van der Waals surface area contributed by atoms with E-state index >= 15 is 0 Å². The minimum Gasteiger partial charge on any atom is -0.508 e. The molecule has 112 valence electrons. The fraction of sp³-hybridized carbons (Fsp3) is 0.250. The molecule has 2 aromatic carbocycles. The Morgan fingerprint density at radius 1 is 1.10 bits per heavy atom. The third kappa shape index (κ3) is 3.62. The van der Waals surface area contributed by atoms with Gasteiger partial charge in [0.2, 0.25) is 0 Å². The highest BCUT2D eigenvalue weighted by molar-refractivity contribution is 6.37. The highest BCUT2D eigenvalue weighted by atomic mass is 35.5. The summed E-state index contributed by atoms with van der Waals surface area (Å²) in [5.41, 5.74) is 1.40. The second-order valence-electron chi connectivity index (χ2n) is 5.02. The van der Waals surface area contributed by atoms with Gasteiger partial charge in [-0.25, -0.2) is 0 Å². The highest BCUT2D eigenvalue weighted by Gasteiger charge is 2.13. The molecule has 3 nitrogen and oxygen atoms in total. The summed E-state index contributed by atoms with van der Waals surface area (Å²) in [5.74, 6) is 1.26. The number of hydrogen-bond donors (Lipinski definition) is 2. The number of benzene rings is 2. The maximum absolute atomic E-state index is 9.81. The van der Waals surface area contributed by atoms with E-state index in [-0.39, 0.29) is 18.3 Å². The fourth-order valence-corrected chi connectivity index (χ4v) is 2.59. The van der Waals surface area contributed by atoms with Crippen LogP contribution in [-0.2, 0) is 6.61 Å². The molecule has 0 bridgehead atoms. The van der Waals surface area contributed by atoms with Crippen LogP contribution in [-0.4, -0.2) is 10.2 Å². The van der Waals surface area contributed by atoms with Crippen LogP contribution in [0, 0.1) is 0 Å². The summed E-state index contributed by atoms with van der Waals surface area (Å²) in [6, 6.07) is 8.19. The van der Waals surface area contributed by atoms with Gasteiger partial charge in [-0.15, -0.1) is 0 Å². The smallest absolute Gasteiger partial charge is 0.164 e. The summed E-state index contributed by atoms with van der Waals surface area (Å²) in [6.07, 6.45) is 0. The van der Waals surface area contributed by atoms with Gasteiger partial charge >= 0.3 is 0 Å². The van der Waals surface area contributed by atoms with Gasteiger partial charge in [-0.05, 0) is 41.8 Å². The maximum atomic E-state index is 9.81. The van der Waals surface area contributed by atoms with Gasteiger partial charge in [0.15, 0.2) is 5.75 Å². The quantitative estimate of drug-likeness (QED) is 0.821. The first-order valence-electron chi connectivity index (χ1n) is 6.52. The summed E-state index contributed by atoms with van der Waals surface area (Å²) >= 11 is 12.3. The van der Waals surface area contributed by atoms with E-state index in [9.17, 15) is 5.11 Å². The lowest BCUT2D eigenvalue weighted by Crippen LogP contribution is -1.93. The Morgan fingerprint density at radius 3 is 2.24 bits per heavy atom. The summed E-state index contributed by atoms with van der Waals surface area (Å²) in [4.78, 5) is 0. The normalized spacial score (nSPS) is 11.0. The van der Waals surface area contributed by atoms with Crippen LogP contribution < -0.4 is 4.74 Å². The molecule has 2 rings (SSSR count). The molecule has 0 radical (unpaired) electrons. The molecule has 0 spiro atoms. The van der Waals surface area contributed by atoms with Gasteiger partial charge in [0.05, 0.1) is 16.7 Å². The standard InChI is InChI=1S/C16H16Cl2O3/c1-9(2)12-7-11(3-4-15(12)20)21-16-13(17)5-10(8-19)6-14(16)18/h3-7,9,19-20H,8H2,1-2H3. The molecule has 2 aromatic rings. The second-order valence-corrected chi connectivity index (χ2v) is 5.84. The number of halogens is 2. The van der Waals surface area contributed by atoms with Crippen LogP contribution in [0.25, 0.3) is 0 Å². The summed E-state index contributed by atoms with van der Waals surface area (Å²) in [5, 5.41) is 19.6. The van der Waals surface area contributed by atoms with Crippen molar-refractivity contribution in [2.75, 3.05) is 0 Å². The molecule has 0 aromatic heterocycles. The molecule has 0 aliphatic carbocycles. The first-order chi connectivity index (χ1) is 9.92. The van der Waals surface area contributed by atoms with Gasteiger partial charge in [0.25, 0.3) is 0 Å². The molecule has 0 aliphatic heterocycles. The van der Waals surface area contributed by atoms with Crippen molar-refractivity contribution in [3.05, 3.63) is 51.5 Å². The van der Waals surface area contributed by atoms with Crippen LogP contribution in [0.4, 0.5) is 0 Å². The number of phenolic OH excluding ortho intramolecular Hbond substituents is 1. The summed E-state index contributed by atoms with van der Waals surface area (Å²) in [6.45, 7) is 3.82. The molecule has 0 fully saturated rings.